The molecule has 0 fully saturated rings. The van der Waals surface area contributed by atoms with Gasteiger partial charge in [-0.2, -0.15) is 0 Å². The lowest BCUT2D eigenvalue weighted by molar-refractivity contribution is 0.452. The Balaban J connectivity index is 2.23. The molecular weight excluding hydrogens is 196 g/mol. The second-order valence-electron chi connectivity index (χ2n) is 3.39. The molecule has 14 heavy (non-hydrogen) atoms. The van der Waals surface area contributed by atoms with E-state index in [9.17, 15) is 0 Å². The standard InChI is InChI=1S/C10H18N2OS/c1-4-5-11-6-9(3)14-10-12-8(2)7-13-10/h7,9,11H,4-6H2,1-3H3. The lowest BCUT2D eigenvalue weighted by Gasteiger charge is -2.08. The van der Waals surface area contributed by atoms with E-state index in [1.54, 1.807) is 18.0 Å². The maximum absolute atomic E-state index is 5.27. The summed E-state index contributed by atoms with van der Waals surface area (Å²) < 4.78 is 5.27. The fourth-order valence-electron chi connectivity index (χ4n) is 1.08. The van der Waals surface area contributed by atoms with Crippen molar-refractivity contribution in [3.63, 3.8) is 0 Å². The van der Waals surface area contributed by atoms with Crippen LogP contribution in [-0.2, 0) is 0 Å². The zero-order chi connectivity index (χ0) is 10.4. The quantitative estimate of drug-likeness (QED) is 0.583. The summed E-state index contributed by atoms with van der Waals surface area (Å²) in [7, 11) is 0. The number of thioether (sulfide) groups is 1. The first-order valence-corrected chi connectivity index (χ1v) is 5.90. The molecule has 0 aliphatic carbocycles. The Morgan fingerprint density at radius 3 is 3.00 bits per heavy atom. The molecule has 0 aromatic carbocycles. The van der Waals surface area contributed by atoms with Gasteiger partial charge in [0.2, 0.25) is 0 Å². The van der Waals surface area contributed by atoms with E-state index < -0.39 is 0 Å². The number of hydrogen-bond donors (Lipinski definition) is 1. The zero-order valence-corrected chi connectivity index (χ0v) is 9.86. The van der Waals surface area contributed by atoms with Gasteiger partial charge in [-0.3, -0.25) is 0 Å². The van der Waals surface area contributed by atoms with E-state index in [0.717, 1.165) is 24.0 Å². The van der Waals surface area contributed by atoms with Gasteiger partial charge in [0.1, 0.15) is 6.26 Å². The summed E-state index contributed by atoms with van der Waals surface area (Å²) in [6.07, 6.45) is 2.87. The predicted molar refractivity (Wildman–Crippen MR) is 59.7 cm³/mol. The Kier molecular flexibility index (Phi) is 5.04. The smallest absolute Gasteiger partial charge is 0.256 e. The van der Waals surface area contributed by atoms with Crippen LogP contribution in [0.3, 0.4) is 0 Å². The highest BCUT2D eigenvalue weighted by Crippen LogP contribution is 2.21. The highest BCUT2D eigenvalue weighted by Gasteiger charge is 2.07. The fourth-order valence-corrected chi connectivity index (χ4v) is 1.93. The number of aromatic nitrogens is 1. The van der Waals surface area contributed by atoms with Crippen LogP contribution in [0.5, 0.6) is 0 Å². The van der Waals surface area contributed by atoms with Crippen molar-refractivity contribution in [3.8, 4) is 0 Å². The van der Waals surface area contributed by atoms with Gasteiger partial charge < -0.3 is 9.73 Å². The van der Waals surface area contributed by atoms with E-state index in [1.165, 1.54) is 6.42 Å². The van der Waals surface area contributed by atoms with Crippen molar-refractivity contribution in [1.29, 1.82) is 0 Å². The van der Waals surface area contributed by atoms with E-state index in [-0.39, 0.29) is 0 Å². The van der Waals surface area contributed by atoms with E-state index in [4.69, 9.17) is 4.42 Å². The van der Waals surface area contributed by atoms with E-state index in [1.807, 2.05) is 6.92 Å². The average molecular weight is 214 g/mol. The predicted octanol–water partition coefficient (Wildman–Crippen LogP) is 2.46. The molecule has 1 unspecified atom stereocenters. The SMILES string of the molecule is CCCNCC(C)Sc1nc(C)co1. The molecule has 1 N–H and O–H groups in total. The first-order chi connectivity index (χ1) is 6.72. The molecule has 0 radical (unpaired) electrons. The van der Waals surface area contributed by atoms with Gasteiger partial charge in [-0.1, -0.05) is 25.6 Å². The van der Waals surface area contributed by atoms with Gasteiger partial charge in [0, 0.05) is 11.8 Å². The lowest BCUT2D eigenvalue weighted by atomic mass is 10.4. The minimum Gasteiger partial charge on any atom is -0.440 e. The molecule has 4 heteroatoms. The molecule has 1 atom stereocenters. The Morgan fingerprint density at radius 1 is 1.64 bits per heavy atom. The number of oxazole rings is 1. The van der Waals surface area contributed by atoms with Gasteiger partial charge in [0.15, 0.2) is 0 Å². The molecule has 1 rings (SSSR count). The Bertz CT molecular complexity index is 262. The maximum atomic E-state index is 5.27. The largest absolute Gasteiger partial charge is 0.440 e. The third kappa shape index (κ3) is 4.15. The molecule has 0 saturated carbocycles. The van der Waals surface area contributed by atoms with Gasteiger partial charge in [-0.05, 0) is 19.9 Å². The Morgan fingerprint density at radius 2 is 2.43 bits per heavy atom. The molecule has 3 nitrogen and oxygen atoms in total. The molecular formula is C10H18N2OS. The number of rotatable bonds is 6. The molecule has 0 saturated heterocycles. The van der Waals surface area contributed by atoms with Crippen molar-refractivity contribution in [1.82, 2.24) is 10.3 Å². The topological polar surface area (TPSA) is 38.1 Å². The second-order valence-corrected chi connectivity index (χ2v) is 4.78. The molecule has 0 spiro atoms. The van der Waals surface area contributed by atoms with Gasteiger partial charge in [0.25, 0.3) is 5.22 Å². The Labute approximate surface area is 89.7 Å². The van der Waals surface area contributed by atoms with E-state index >= 15 is 0 Å². The third-order valence-corrected chi connectivity index (χ3v) is 2.72. The molecule has 0 aliphatic heterocycles. The fraction of sp³-hybridized carbons (Fsp3) is 0.700. The third-order valence-electron chi connectivity index (χ3n) is 1.76. The summed E-state index contributed by atoms with van der Waals surface area (Å²) in [4.78, 5) is 4.25. The molecule has 1 aromatic heterocycles. The van der Waals surface area contributed by atoms with Crippen LogP contribution < -0.4 is 5.32 Å². The number of nitrogens with one attached hydrogen (secondary N) is 1. The lowest BCUT2D eigenvalue weighted by Crippen LogP contribution is -2.23. The Hall–Kier alpha value is -0.480. The monoisotopic (exact) mass is 214 g/mol. The summed E-state index contributed by atoms with van der Waals surface area (Å²) in [6, 6.07) is 0. The number of nitrogens with zero attached hydrogens (tertiary/aromatic N) is 1. The summed E-state index contributed by atoms with van der Waals surface area (Å²) in [5.41, 5.74) is 0.946. The number of hydrogen-bond acceptors (Lipinski definition) is 4. The molecule has 1 heterocycles. The first-order valence-electron chi connectivity index (χ1n) is 5.02. The summed E-state index contributed by atoms with van der Waals surface area (Å²) in [5.74, 6) is 0. The van der Waals surface area contributed by atoms with Crippen LogP contribution in [0.15, 0.2) is 15.9 Å². The van der Waals surface area contributed by atoms with Crippen molar-refractivity contribution in [2.45, 2.75) is 37.7 Å². The highest BCUT2D eigenvalue weighted by atomic mass is 32.2. The maximum Gasteiger partial charge on any atom is 0.256 e. The minimum atomic E-state index is 0.500. The van der Waals surface area contributed by atoms with Crippen LogP contribution in [0.1, 0.15) is 26.0 Å². The molecule has 0 amide bonds. The van der Waals surface area contributed by atoms with Crippen molar-refractivity contribution in [2.75, 3.05) is 13.1 Å². The van der Waals surface area contributed by atoms with Crippen LogP contribution in [0.4, 0.5) is 0 Å². The van der Waals surface area contributed by atoms with Gasteiger partial charge in [-0.25, -0.2) is 4.98 Å². The van der Waals surface area contributed by atoms with Crippen molar-refractivity contribution < 1.29 is 4.42 Å². The summed E-state index contributed by atoms with van der Waals surface area (Å²) >= 11 is 1.67. The second kappa shape index (κ2) is 6.09. The van der Waals surface area contributed by atoms with Crippen LogP contribution >= 0.6 is 11.8 Å². The summed E-state index contributed by atoms with van der Waals surface area (Å²) in [5, 5.41) is 4.64. The van der Waals surface area contributed by atoms with Crippen molar-refractivity contribution in [2.24, 2.45) is 0 Å². The zero-order valence-electron chi connectivity index (χ0n) is 9.04. The van der Waals surface area contributed by atoms with Crippen LogP contribution in [0.2, 0.25) is 0 Å². The molecule has 80 valence electrons. The van der Waals surface area contributed by atoms with Crippen molar-refractivity contribution in [3.05, 3.63) is 12.0 Å². The molecule has 0 bridgehead atoms. The number of aryl methyl sites for hydroxylation is 1. The highest BCUT2D eigenvalue weighted by molar-refractivity contribution is 7.99. The average Bonchev–Trinajstić information content (AvgIpc) is 2.52. The van der Waals surface area contributed by atoms with Crippen LogP contribution in [-0.4, -0.2) is 23.3 Å². The first kappa shape index (κ1) is 11.6. The van der Waals surface area contributed by atoms with Gasteiger partial charge in [0.05, 0.1) is 5.69 Å². The normalized spacial score (nSPS) is 13.1. The molecule has 0 aliphatic rings. The van der Waals surface area contributed by atoms with Crippen LogP contribution in [0.25, 0.3) is 0 Å². The van der Waals surface area contributed by atoms with Crippen LogP contribution in [0, 0.1) is 6.92 Å². The van der Waals surface area contributed by atoms with Gasteiger partial charge >= 0.3 is 0 Å². The van der Waals surface area contributed by atoms with Crippen molar-refractivity contribution >= 4 is 11.8 Å². The van der Waals surface area contributed by atoms with Gasteiger partial charge in [-0.15, -0.1) is 0 Å². The van der Waals surface area contributed by atoms with E-state index in [0.29, 0.717) is 5.25 Å². The molecule has 1 aromatic rings. The summed E-state index contributed by atoms with van der Waals surface area (Å²) in [6.45, 7) is 8.36. The van der Waals surface area contributed by atoms with E-state index in [2.05, 4.69) is 24.1 Å². The minimum absolute atomic E-state index is 0.500.